The Morgan fingerprint density at radius 3 is 2.74 bits per heavy atom. The number of likely N-dealkylation sites (tertiary alicyclic amines) is 1. The third-order valence-electron chi connectivity index (χ3n) is 3.85. The van der Waals surface area contributed by atoms with Crippen LogP contribution in [0.5, 0.6) is 0 Å². The molecule has 8 heteroatoms. The number of benzene rings is 1. The van der Waals surface area contributed by atoms with Crippen LogP contribution in [-0.4, -0.2) is 44.8 Å². The van der Waals surface area contributed by atoms with E-state index in [-0.39, 0.29) is 22.9 Å². The van der Waals surface area contributed by atoms with E-state index in [4.69, 9.17) is 5.73 Å². The summed E-state index contributed by atoms with van der Waals surface area (Å²) >= 11 is 0. The summed E-state index contributed by atoms with van der Waals surface area (Å²) in [5, 5.41) is 0. The van der Waals surface area contributed by atoms with Crippen molar-refractivity contribution in [3.8, 4) is 0 Å². The highest BCUT2D eigenvalue weighted by atomic mass is 32.2. The van der Waals surface area contributed by atoms with Gasteiger partial charge in [0.05, 0.1) is 4.90 Å². The Labute approximate surface area is 135 Å². The number of carbonyl (C=O) groups excluding carboxylic acids is 2. The highest BCUT2D eigenvalue weighted by molar-refractivity contribution is 7.89. The van der Waals surface area contributed by atoms with Gasteiger partial charge in [0, 0.05) is 31.6 Å². The molecule has 0 bridgehead atoms. The second-order valence-corrected chi connectivity index (χ2v) is 7.34. The van der Waals surface area contributed by atoms with E-state index in [1.54, 1.807) is 17.9 Å². The van der Waals surface area contributed by atoms with Crippen LogP contribution in [-0.2, 0) is 14.8 Å². The van der Waals surface area contributed by atoms with Crippen LogP contribution in [0.2, 0.25) is 0 Å². The minimum Gasteiger partial charge on any atom is -0.366 e. The lowest BCUT2D eigenvalue weighted by atomic mass is 10.1. The van der Waals surface area contributed by atoms with Gasteiger partial charge in [-0.1, -0.05) is 6.07 Å². The average molecular weight is 339 g/mol. The molecule has 0 aliphatic carbocycles. The number of nitrogens with two attached hydrogens (primary N) is 1. The van der Waals surface area contributed by atoms with Crippen molar-refractivity contribution in [1.82, 2.24) is 9.62 Å². The predicted molar refractivity (Wildman–Crippen MR) is 85.3 cm³/mol. The van der Waals surface area contributed by atoms with Crippen LogP contribution in [0, 0.1) is 6.92 Å². The average Bonchev–Trinajstić information content (AvgIpc) is 2.89. The third kappa shape index (κ3) is 4.29. The predicted octanol–water partition coefficient (Wildman–Crippen LogP) is 0.385. The Bertz CT molecular complexity index is 715. The Balaban J connectivity index is 1.95. The number of hydrogen-bond donors (Lipinski definition) is 2. The summed E-state index contributed by atoms with van der Waals surface area (Å²) in [5.41, 5.74) is 6.06. The molecule has 0 unspecified atom stereocenters. The van der Waals surface area contributed by atoms with Crippen molar-refractivity contribution in [2.75, 3.05) is 19.6 Å². The Hall–Kier alpha value is -1.93. The molecule has 2 amide bonds. The molecule has 1 heterocycles. The fraction of sp³-hybridized carbons (Fsp3) is 0.467. The van der Waals surface area contributed by atoms with Crippen molar-refractivity contribution in [2.45, 2.75) is 31.1 Å². The number of amides is 2. The van der Waals surface area contributed by atoms with Gasteiger partial charge in [-0.25, -0.2) is 13.1 Å². The Morgan fingerprint density at radius 2 is 2.13 bits per heavy atom. The number of rotatable bonds is 7. The maximum absolute atomic E-state index is 12.2. The molecule has 1 aromatic carbocycles. The van der Waals surface area contributed by atoms with E-state index >= 15 is 0 Å². The summed E-state index contributed by atoms with van der Waals surface area (Å²) in [6.07, 6.45) is 1.98. The summed E-state index contributed by atoms with van der Waals surface area (Å²) in [4.78, 5) is 24.5. The first-order chi connectivity index (χ1) is 10.8. The maximum Gasteiger partial charge on any atom is 0.249 e. The zero-order chi connectivity index (χ0) is 17.0. The normalized spacial score (nSPS) is 15.2. The minimum absolute atomic E-state index is 0.00847. The molecule has 0 saturated carbocycles. The van der Waals surface area contributed by atoms with Crippen LogP contribution in [0.25, 0.3) is 0 Å². The molecule has 23 heavy (non-hydrogen) atoms. The second-order valence-electron chi connectivity index (χ2n) is 5.58. The van der Waals surface area contributed by atoms with Crippen molar-refractivity contribution in [3.05, 3.63) is 29.3 Å². The standard InChI is InChI=1S/C15H21N3O4S/c1-11-5-6-12(10-13(11)15(16)20)23(21,22)17-7-3-9-18-8-2-4-14(18)19/h5-6,10,17H,2-4,7-9H2,1H3,(H2,16,20). The lowest BCUT2D eigenvalue weighted by molar-refractivity contribution is -0.127. The fourth-order valence-electron chi connectivity index (χ4n) is 2.53. The highest BCUT2D eigenvalue weighted by Gasteiger charge is 2.20. The molecule has 1 aromatic rings. The van der Waals surface area contributed by atoms with Gasteiger partial charge in [0.1, 0.15) is 0 Å². The van der Waals surface area contributed by atoms with E-state index < -0.39 is 15.9 Å². The zero-order valence-corrected chi connectivity index (χ0v) is 13.9. The third-order valence-corrected chi connectivity index (χ3v) is 5.31. The first kappa shape index (κ1) is 17.4. The van der Waals surface area contributed by atoms with Gasteiger partial charge in [0.2, 0.25) is 21.8 Å². The van der Waals surface area contributed by atoms with Crippen LogP contribution in [0.1, 0.15) is 35.2 Å². The van der Waals surface area contributed by atoms with E-state index in [1.165, 1.54) is 12.1 Å². The molecule has 126 valence electrons. The highest BCUT2D eigenvalue weighted by Crippen LogP contribution is 2.15. The minimum atomic E-state index is -3.70. The largest absolute Gasteiger partial charge is 0.366 e. The molecule has 1 aliphatic rings. The number of nitrogens with one attached hydrogen (secondary N) is 1. The fourth-order valence-corrected chi connectivity index (χ4v) is 3.63. The van der Waals surface area contributed by atoms with Crippen LogP contribution in [0.15, 0.2) is 23.1 Å². The van der Waals surface area contributed by atoms with Crippen molar-refractivity contribution in [3.63, 3.8) is 0 Å². The first-order valence-electron chi connectivity index (χ1n) is 7.49. The van der Waals surface area contributed by atoms with E-state index in [0.717, 1.165) is 13.0 Å². The molecule has 0 radical (unpaired) electrons. The monoisotopic (exact) mass is 339 g/mol. The quantitative estimate of drug-likeness (QED) is 0.700. The van der Waals surface area contributed by atoms with Gasteiger partial charge < -0.3 is 10.6 Å². The zero-order valence-electron chi connectivity index (χ0n) is 13.0. The van der Waals surface area contributed by atoms with E-state index in [1.807, 2.05) is 0 Å². The van der Waals surface area contributed by atoms with Gasteiger partial charge in [0.25, 0.3) is 0 Å². The number of nitrogens with zero attached hydrogens (tertiary/aromatic N) is 1. The van der Waals surface area contributed by atoms with Crippen molar-refractivity contribution >= 4 is 21.8 Å². The van der Waals surface area contributed by atoms with Crippen LogP contribution >= 0.6 is 0 Å². The van der Waals surface area contributed by atoms with Gasteiger partial charge >= 0.3 is 0 Å². The summed E-state index contributed by atoms with van der Waals surface area (Å²) in [5.74, 6) is -0.537. The van der Waals surface area contributed by atoms with E-state index in [9.17, 15) is 18.0 Å². The van der Waals surface area contributed by atoms with Gasteiger partial charge in [0.15, 0.2) is 0 Å². The van der Waals surface area contributed by atoms with Crippen molar-refractivity contribution < 1.29 is 18.0 Å². The van der Waals surface area contributed by atoms with Crippen molar-refractivity contribution in [2.24, 2.45) is 5.73 Å². The summed E-state index contributed by atoms with van der Waals surface area (Å²) in [7, 11) is -3.70. The van der Waals surface area contributed by atoms with E-state index in [2.05, 4.69) is 4.72 Å². The number of aryl methyl sites for hydroxylation is 1. The Morgan fingerprint density at radius 1 is 1.39 bits per heavy atom. The van der Waals surface area contributed by atoms with Crippen LogP contribution in [0.3, 0.4) is 0 Å². The molecule has 1 saturated heterocycles. The summed E-state index contributed by atoms with van der Waals surface area (Å²) in [6.45, 7) is 3.20. The van der Waals surface area contributed by atoms with E-state index in [0.29, 0.717) is 24.9 Å². The molecule has 1 fully saturated rings. The van der Waals surface area contributed by atoms with Gasteiger partial charge in [-0.15, -0.1) is 0 Å². The van der Waals surface area contributed by atoms with Gasteiger partial charge in [-0.2, -0.15) is 0 Å². The summed E-state index contributed by atoms with van der Waals surface area (Å²) < 4.78 is 27.0. The topological polar surface area (TPSA) is 110 Å². The molecular formula is C15H21N3O4S. The first-order valence-corrected chi connectivity index (χ1v) is 8.97. The van der Waals surface area contributed by atoms with Crippen LogP contribution in [0.4, 0.5) is 0 Å². The molecule has 0 spiro atoms. The molecular weight excluding hydrogens is 318 g/mol. The lowest BCUT2D eigenvalue weighted by Crippen LogP contribution is -2.30. The maximum atomic E-state index is 12.2. The lowest BCUT2D eigenvalue weighted by Gasteiger charge is -2.15. The number of primary amides is 1. The molecule has 7 nitrogen and oxygen atoms in total. The SMILES string of the molecule is Cc1ccc(S(=O)(=O)NCCCN2CCCC2=O)cc1C(N)=O. The molecule has 1 aliphatic heterocycles. The summed E-state index contributed by atoms with van der Waals surface area (Å²) in [6, 6.07) is 4.27. The number of hydrogen-bond acceptors (Lipinski definition) is 4. The smallest absolute Gasteiger partial charge is 0.249 e. The molecule has 0 aromatic heterocycles. The molecule has 2 rings (SSSR count). The molecule has 0 atom stereocenters. The van der Waals surface area contributed by atoms with Crippen molar-refractivity contribution in [1.29, 1.82) is 0 Å². The van der Waals surface area contributed by atoms with Gasteiger partial charge in [-0.3, -0.25) is 9.59 Å². The van der Waals surface area contributed by atoms with Gasteiger partial charge in [-0.05, 0) is 37.5 Å². The molecule has 3 N–H and O–H groups in total. The Kier molecular flexibility index (Phi) is 5.38. The second kappa shape index (κ2) is 7.10. The van der Waals surface area contributed by atoms with Crippen LogP contribution < -0.4 is 10.5 Å². The number of sulfonamides is 1. The number of carbonyl (C=O) groups is 2.